The van der Waals surface area contributed by atoms with Crippen molar-refractivity contribution in [1.29, 1.82) is 0 Å². The lowest BCUT2D eigenvalue weighted by Gasteiger charge is -1.93. The lowest BCUT2D eigenvalue weighted by Crippen LogP contribution is -1.95. The van der Waals surface area contributed by atoms with Gasteiger partial charge < -0.3 is 26.7 Å². The van der Waals surface area contributed by atoms with Crippen LogP contribution >= 0.6 is 37.2 Å². The number of benzene rings is 1. The third kappa shape index (κ3) is 5.40. The van der Waals surface area contributed by atoms with Gasteiger partial charge in [-0.2, -0.15) is 0 Å². The largest absolute Gasteiger partial charge is 0.412 e. The third-order valence-electron chi connectivity index (χ3n) is 1.82. The molecular formula is C8H18Cl3N3O3. The van der Waals surface area contributed by atoms with Crippen LogP contribution in [0.3, 0.4) is 0 Å². The number of rotatable bonds is 0. The molecule has 9 heteroatoms. The maximum absolute atomic E-state index is 5.60. The quantitative estimate of drug-likeness (QED) is 0.729. The molecular weight excluding hydrogens is 292 g/mol. The summed E-state index contributed by atoms with van der Waals surface area (Å²) in [7, 11) is 1.91. The highest BCUT2D eigenvalue weighted by molar-refractivity contribution is 5.86. The Morgan fingerprint density at radius 1 is 1.00 bits per heavy atom. The third-order valence-corrected chi connectivity index (χ3v) is 1.82. The first kappa shape index (κ1) is 29.9. The van der Waals surface area contributed by atoms with E-state index in [1.54, 1.807) is 0 Å². The maximum atomic E-state index is 5.60. The summed E-state index contributed by atoms with van der Waals surface area (Å²) in [6, 6.07) is 7.88. The number of hydrogen-bond donors (Lipinski definition) is 1. The lowest BCUT2D eigenvalue weighted by atomic mass is 10.3. The Morgan fingerprint density at radius 2 is 1.47 bits per heavy atom. The number of anilines is 1. The zero-order chi connectivity index (χ0) is 7.84. The van der Waals surface area contributed by atoms with E-state index >= 15 is 0 Å². The summed E-state index contributed by atoms with van der Waals surface area (Å²) < 4.78 is 1.87. The first-order chi connectivity index (χ1) is 5.29. The van der Waals surface area contributed by atoms with Gasteiger partial charge in [0.05, 0.1) is 11.0 Å². The molecule has 0 aliphatic carbocycles. The van der Waals surface area contributed by atoms with Crippen molar-refractivity contribution in [3.8, 4) is 0 Å². The fourth-order valence-corrected chi connectivity index (χ4v) is 1.16. The topological polar surface area (TPSA) is 138 Å². The Morgan fingerprint density at radius 3 is 1.94 bits per heavy atom. The molecule has 0 aliphatic rings. The Bertz CT molecular complexity index is 411. The van der Waals surface area contributed by atoms with Crippen LogP contribution in [-0.2, 0) is 7.05 Å². The van der Waals surface area contributed by atoms with Crippen molar-refractivity contribution in [3.05, 3.63) is 24.3 Å². The van der Waals surface area contributed by atoms with Crippen molar-refractivity contribution < 1.29 is 16.4 Å². The van der Waals surface area contributed by atoms with E-state index in [1.165, 1.54) is 0 Å². The maximum Gasteiger partial charge on any atom is 0.200 e. The van der Waals surface area contributed by atoms with Crippen LogP contribution in [0.1, 0.15) is 0 Å². The summed E-state index contributed by atoms with van der Waals surface area (Å²) in [4.78, 5) is 4.15. The molecule has 0 amide bonds. The second-order valence-corrected chi connectivity index (χ2v) is 2.52. The summed E-state index contributed by atoms with van der Waals surface area (Å²) in [6.07, 6.45) is 0. The van der Waals surface area contributed by atoms with Crippen molar-refractivity contribution in [2.24, 2.45) is 7.05 Å². The lowest BCUT2D eigenvalue weighted by molar-refractivity contribution is 0.823. The predicted octanol–water partition coefficient (Wildman–Crippen LogP) is -0.0532. The first-order valence-corrected chi connectivity index (χ1v) is 3.46. The smallest absolute Gasteiger partial charge is 0.200 e. The SMILES string of the molecule is Cl.Cl.Cl.Cn1c(N)nc2ccccc21.O.O.O. The second kappa shape index (κ2) is 11.7. The van der Waals surface area contributed by atoms with Crippen LogP contribution in [0, 0.1) is 0 Å². The van der Waals surface area contributed by atoms with Gasteiger partial charge in [0, 0.05) is 7.05 Å². The number of halogens is 3. The number of nitrogen functional groups attached to an aromatic ring is 1. The van der Waals surface area contributed by atoms with Crippen LogP contribution in [-0.4, -0.2) is 26.0 Å². The zero-order valence-electron chi connectivity index (χ0n) is 9.01. The average molecular weight is 311 g/mol. The summed E-state index contributed by atoms with van der Waals surface area (Å²) in [5, 5.41) is 0. The molecule has 0 spiro atoms. The molecule has 8 N–H and O–H groups in total. The molecule has 0 aliphatic heterocycles. The van der Waals surface area contributed by atoms with Gasteiger partial charge in [0.15, 0.2) is 0 Å². The highest BCUT2D eigenvalue weighted by Gasteiger charge is 2.00. The number of nitrogens with two attached hydrogens (primary N) is 1. The molecule has 0 radical (unpaired) electrons. The van der Waals surface area contributed by atoms with Crippen molar-refractivity contribution in [2.45, 2.75) is 0 Å². The summed E-state index contributed by atoms with van der Waals surface area (Å²) >= 11 is 0. The number of para-hydroxylation sites is 2. The minimum atomic E-state index is 0. The van der Waals surface area contributed by atoms with Crippen LogP contribution in [0.2, 0.25) is 0 Å². The molecule has 1 aromatic carbocycles. The van der Waals surface area contributed by atoms with Gasteiger partial charge in [-0.05, 0) is 12.1 Å². The Kier molecular flexibility index (Phi) is 20.6. The minimum absolute atomic E-state index is 0. The van der Waals surface area contributed by atoms with Crippen LogP contribution in [0.4, 0.5) is 5.95 Å². The molecule has 0 saturated carbocycles. The van der Waals surface area contributed by atoms with E-state index in [0.29, 0.717) is 5.95 Å². The Labute approximate surface area is 117 Å². The van der Waals surface area contributed by atoms with Gasteiger partial charge >= 0.3 is 0 Å². The van der Waals surface area contributed by atoms with Crippen molar-refractivity contribution in [2.75, 3.05) is 5.73 Å². The molecule has 0 unspecified atom stereocenters. The van der Waals surface area contributed by atoms with E-state index < -0.39 is 0 Å². The molecule has 2 rings (SSSR count). The molecule has 1 aromatic heterocycles. The Hall–Kier alpha value is -0.760. The Balaban J connectivity index is -0.0000000800. The first-order valence-electron chi connectivity index (χ1n) is 3.46. The summed E-state index contributed by atoms with van der Waals surface area (Å²) in [5.41, 5.74) is 7.63. The van der Waals surface area contributed by atoms with Gasteiger partial charge in [0.2, 0.25) is 5.95 Å². The van der Waals surface area contributed by atoms with Gasteiger partial charge in [-0.3, -0.25) is 0 Å². The van der Waals surface area contributed by atoms with Crippen LogP contribution < -0.4 is 5.73 Å². The highest BCUT2D eigenvalue weighted by atomic mass is 35.5. The average Bonchev–Trinajstić information content (AvgIpc) is 2.30. The van der Waals surface area contributed by atoms with Gasteiger partial charge in [0.25, 0.3) is 0 Å². The normalized spacial score (nSPS) is 6.88. The molecule has 0 fully saturated rings. The molecule has 6 nitrogen and oxygen atoms in total. The van der Waals surface area contributed by atoms with Gasteiger partial charge in [0.1, 0.15) is 0 Å². The van der Waals surface area contributed by atoms with E-state index in [1.807, 2.05) is 35.9 Å². The number of aryl methyl sites for hydroxylation is 1. The molecule has 2 aromatic rings. The number of fused-ring (bicyclic) bond motifs is 1. The van der Waals surface area contributed by atoms with E-state index in [4.69, 9.17) is 5.73 Å². The fourth-order valence-electron chi connectivity index (χ4n) is 1.16. The summed E-state index contributed by atoms with van der Waals surface area (Å²) in [5.74, 6) is 0.561. The van der Waals surface area contributed by atoms with Crippen molar-refractivity contribution >= 4 is 54.2 Å². The number of aromatic nitrogens is 2. The van der Waals surface area contributed by atoms with Crippen LogP contribution in [0.25, 0.3) is 11.0 Å². The molecule has 1 heterocycles. The molecule has 0 bridgehead atoms. The predicted molar refractivity (Wildman–Crippen MR) is 77.7 cm³/mol. The number of nitrogens with zero attached hydrogens (tertiary/aromatic N) is 2. The van der Waals surface area contributed by atoms with E-state index in [-0.39, 0.29) is 53.6 Å². The number of hydrogen-bond acceptors (Lipinski definition) is 2. The number of imidazole rings is 1. The molecule has 104 valence electrons. The van der Waals surface area contributed by atoms with Crippen LogP contribution in [0.5, 0.6) is 0 Å². The van der Waals surface area contributed by atoms with E-state index in [2.05, 4.69) is 4.98 Å². The monoisotopic (exact) mass is 309 g/mol. The molecule has 17 heavy (non-hydrogen) atoms. The standard InChI is InChI=1S/C8H9N3.3ClH.3H2O/c1-11-7-5-3-2-4-6(7)10-8(11)9;;;;;;/h2-5H,1H3,(H2,9,10);3*1H;3*1H2. The second-order valence-electron chi connectivity index (χ2n) is 2.52. The van der Waals surface area contributed by atoms with Gasteiger partial charge in [-0.25, -0.2) is 4.98 Å². The van der Waals surface area contributed by atoms with E-state index in [9.17, 15) is 0 Å². The van der Waals surface area contributed by atoms with Gasteiger partial charge in [-0.15, -0.1) is 37.2 Å². The molecule has 0 atom stereocenters. The van der Waals surface area contributed by atoms with Crippen molar-refractivity contribution in [1.82, 2.24) is 9.55 Å². The van der Waals surface area contributed by atoms with Crippen molar-refractivity contribution in [3.63, 3.8) is 0 Å². The summed E-state index contributed by atoms with van der Waals surface area (Å²) in [6.45, 7) is 0. The highest BCUT2D eigenvalue weighted by Crippen LogP contribution is 2.14. The fraction of sp³-hybridized carbons (Fsp3) is 0.125. The zero-order valence-corrected chi connectivity index (χ0v) is 11.5. The van der Waals surface area contributed by atoms with Gasteiger partial charge in [-0.1, -0.05) is 12.1 Å². The molecule has 0 saturated heterocycles. The van der Waals surface area contributed by atoms with E-state index in [0.717, 1.165) is 11.0 Å². The van der Waals surface area contributed by atoms with Crippen LogP contribution in [0.15, 0.2) is 24.3 Å². The minimum Gasteiger partial charge on any atom is -0.412 e.